The third kappa shape index (κ3) is 7.50. The van der Waals surface area contributed by atoms with E-state index in [4.69, 9.17) is 17.0 Å². The molecule has 0 saturated carbocycles. The molecule has 0 spiro atoms. The molecule has 4 nitrogen and oxygen atoms in total. The van der Waals surface area contributed by atoms with Gasteiger partial charge in [0.15, 0.2) is 5.11 Å². The summed E-state index contributed by atoms with van der Waals surface area (Å²) < 4.78 is 5.37. The summed E-state index contributed by atoms with van der Waals surface area (Å²) in [6, 6.07) is 19.0. The number of nitrogens with zero attached hydrogens (tertiary/aromatic N) is 1. The first kappa shape index (κ1) is 20.1. The highest BCUT2D eigenvalue weighted by Crippen LogP contribution is 2.23. The number of thioether (sulfide) groups is 1. The normalized spacial score (nSPS) is 14.7. The zero-order valence-corrected chi connectivity index (χ0v) is 17.2. The maximum atomic E-state index is 5.39. The Kier molecular flexibility index (Phi) is 8.42. The zero-order valence-electron chi connectivity index (χ0n) is 15.5. The molecule has 0 aromatic heterocycles. The lowest BCUT2D eigenvalue weighted by molar-refractivity contribution is 0.0376. The van der Waals surface area contributed by atoms with Gasteiger partial charge >= 0.3 is 0 Å². The number of hydrogen-bond acceptors (Lipinski definition) is 4. The number of rotatable bonds is 8. The van der Waals surface area contributed by atoms with Crippen molar-refractivity contribution in [3.8, 4) is 0 Å². The first-order valence-electron chi connectivity index (χ1n) is 9.41. The predicted molar refractivity (Wildman–Crippen MR) is 119 cm³/mol. The molecule has 3 rings (SSSR count). The molecule has 2 N–H and O–H groups in total. The average Bonchev–Trinajstić information content (AvgIpc) is 2.72. The van der Waals surface area contributed by atoms with Crippen LogP contribution in [-0.4, -0.2) is 49.4 Å². The number of benzene rings is 2. The number of nitrogens with one attached hydrogen (secondary N) is 2. The molecule has 1 heterocycles. The lowest BCUT2D eigenvalue weighted by atomic mass is 10.2. The number of morpholine rings is 1. The fourth-order valence-electron chi connectivity index (χ4n) is 2.87. The minimum absolute atomic E-state index is 0.684. The molecule has 6 heteroatoms. The topological polar surface area (TPSA) is 36.5 Å². The number of ether oxygens (including phenoxy) is 1. The van der Waals surface area contributed by atoms with Gasteiger partial charge in [-0.25, -0.2) is 0 Å². The summed E-state index contributed by atoms with van der Waals surface area (Å²) >= 11 is 7.24. The van der Waals surface area contributed by atoms with Gasteiger partial charge in [0, 0.05) is 36.0 Å². The van der Waals surface area contributed by atoms with Gasteiger partial charge in [0.1, 0.15) is 0 Å². The van der Waals surface area contributed by atoms with Crippen LogP contribution in [0, 0.1) is 0 Å². The molecule has 27 heavy (non-hydrogen) atoms. The summed E-state index contributed by atoms with van der Waals surface area (Å²) in [5.74, 6) is 0.967. The Morgan fingerprint density at radius 2 is 1.78 bits per heavy atom. The fraction of sp³-hybridized carbons (Fsp3) is 0.381. The highest BCUT2D eigenvalue weighted by molar-refractivity contribution is 7.98. The average molecular weight is 402 g/mol. The van der Waals surface area contributed by atoms with E-state index >= 15 is 0 Å². The van der Waals surface area contributed by atoms with Crippen molar-refractivity contribution in [2.24, 2.45) is 0 Å². The first-order valence-corrected chi connectivity index (χ1v) is 10.8. The van der Waals surface area contributed by atoms with Crippen molar-refractivity contribution in [1.29, 1.82) is 0 Å². The molecule has 1 fully saturated rings. The summed E-state index contributed by atoms with van der Waals surface area (Å²) in [5, 5.41) is 7.24. The molecule has 1 saturated heterocycles. The van der Waals surface area contributed by atoms with Gasteiger partial charge in [-0.15, -0.1) is 11.8 Å². The summed E-state index contributed by atoms with van der Waals surface area (Å²) in [6.45, 7) is 5.76. The molecule has 0 unspecified atom stereocenters. The Morgan fingerprint density at radius 3 is 2.52 bits per heavy atom. The molecule has 0 radical (unpaired) electrons. The van der Waals surface area contributed by atoms with E-state index in [2.05, 4.69) is 64.1 Å². The van der Waals surface area contributed by atoms with E-state index in [1.165, 1.54) is 10.5 Å². The smallest absolute Gasteiger partial charge is 0.170 e. The molecule has 144 valence electrons. The van der Waals surface area contributed by atoms with Crippen LogP contribution < -0.4 is 10.6 Å². The molecule has 1 aliphatic rings. The van der Waals surface area contributed by atoms with Crippen molar-refractivity contribution in [3.05, 3.63) is 60.2 Å². The Bertz CT molecular complexity index is 688. The second-order valence-electron chi connectivity index (χ2n) is 6.49. The van der Waals surface area contributed by atoms with Crippen LogP contribution in [0.4, 0.5) is 5.69 Å². The summed E-state index contributed by atoms with van der Waals surface area (Å²) in [5.41, 5.74) is 2.33. The molecular formula is C21H27N3OS2. The van der Waals surface area contributed by atoms with E-state index in [-0.39, 0.29) is 0 Å². The van der Waals surface area contributed by atoms with Gasteiger partial charge in [0.05, 0.1) is 13.2 Å². The van der Waals surface area contributed by atoms with Gasteiger partial charge in [-0.1, -0.05) is 30.3 Å². The second kappa shape index (κ2) is 11.3. The van der Waals surface area contributed by atoms with Crippen molar-refractivity contribution in [3.63, 3.8) is 0 Å². The zero-order chi connectivity index (χ0) is 18.7. The largest absolute Gasteiger partial charge is 0.379 e. The predicted octanol–water partition coefficient (Wildman–Crippen LogP) is 3.99. The van der Waals surface area contributed by atoms with Crippen LogP contribution in [0.3, 0.4) is 0 Å². The van der Waals surface area contributed by atoms with Crippen molar-refractivity contribution < 1.29 is 4.74 Å². The summed E-state index contributed by atoms with van der Waals surface area (Å²) in [4.78, 5) is 3.73. The number of hydrogen-bond donors (Lipinski definition) is 2. The van der Waals surface area contributed by atoms with Crippen molar-refractivity contribution >= 4 is 34.8 Å². The van der Waals surface area contributed by atoms with E-state index in [1.54, 1.807) is 0 Å². The second-order valence-corrected chi connectivity index (χ2v) is 7.94. The van der Waals surface area contributed by atoms with Crippen LogP contribution in [0.5, 0.6) is 0 Å². The molecular weight excluding hydrogens is 374 g/mol. The third-order valence-corrected chi connectivity index (χ3v) is 5.73. The van der Waals surface area contributed by atoms with Gasteiger partial charge in [0.2, 0.25) is 0 Å². The number of anilines is 1. The van der Waals surface area contributed by atoms with Crippen LogP contribution in [0.2, 0.25) is 0 Å². The van der Waals surface area contributed by atoms with E-state index in [9.17, 15) is 0 Å². The van der Waals surface area contributed by atoms with E-state index < -0.39 is 0 Å². The maximum absolute atomic E-state index is 5.39. The van der Waals surface area contributed by atoms with Crippen molar-refractivity contribution in [1.82, 2.24) is 10.2 Å². The molecule has 0 aliphatic carbocycles. The van der Waals surface area contributed by atoms with Gasteiger partial charge in [-0.05, 0) is 55.0 Å². The van der Waals surface area contributed by atoms with Crippen LogP contribution >= 0.6 is 24.0 Å². The molecule has 2 aromatic carbocycles. The molecule has 0 atom stereocenters. The van der Waals surface area contributed by atoms with E-state index in [1.807, 2.05) is 17.8 Å². The van der Waals surface area contributed by atoms with Gasteiger partial charge < -0.3 is 15.4 Å². The van der Waals surface area contributed by atoms with Crippen LogP contribution in [0.1, 0.15) is 12.0 Å². The van der Waals surface area contributed by atoms with Crippen molar-refractivity contribution in [2.45, 2.75) is 17.1 Å². The maximum Gasteiger partial charge on any atom is 0.170 e. The quantitative estimate of drug-likeness (QED) is 0.396. The van der Waals surface area contributed by atoms with E-state index in [0.717, 1.165) is 57.3 Å². The lowest BCUT2D eigenvalue weighted by Crippen LogP contribution is -2.38. The van der Waals surface area contributed by atoms with Crippen LogP contribution in [-0.2, 0) is 10.5 Å². The minimum atomic E-state index is 0.684. The summed E-state index contributed by atoms with van der Waals surface area (Å²) in [6.07, 6.45) is 1.08. The molecule has 2 aromatic rings. The first-order chi connectivity index (χ1) is 13.3. The Hall–Kier alpha value is -1.60. The highest BCUT2D eigenvalue weighted by Gasteiger charge is 2.09. The lowest BCUT2D eigenvalue weighted by Gasteiger charge is -2.26. The number of thiocarbonyl (C=S) groups is 1. The monoisotopic (exact) mass is 401 g/mol. The minimum Gasteiger partial charge on any atom is -0.379 e. The fourth-order valence-corrected chi connectivity index (χ4v) is 3.97. The molecule has 0 bridgehead atoms. The summed E-state index contributed by atoms with van der Waals surface area (Å²) in [7, 11) is 0. The molecule has 1 aliphatic heterocycles. The Balaban J connectivity index is 1.33. The van der Waals surface area contributed by atoms with Gasteiger partial charge in [-0.2, -0.15) is 0 Å². The van der Waals surface area contributed by atoms with Crippen LogP contribution in [0.25, 0.3) is 0 Å². The highest BCUT2D eigenvalue weighted by atomic mass is 32.2. The van der Waals surface area contributed by atoms with Crippen LogP contribution in [0.15, 0.2) is 59.5 Å². The van der Waals surface area contributed by atoms with Gasteiger partial charge in [-0.3, -0.25) is 4.90 Å². The Morgan fingerprint density at radius 1 is 1.04 bits per heavy atom. The third-order valence-electron chi connectivity index (χ3n) is 4.40. The molecule has 0 amide bonds. The standard InChI is InChI=1S/C21H27N3OS2/c26-21(22-11-4-12-24-13-15-25-16-14-24)23-19-9-7-18(8-10-19)17-27-20-5-2-1-3-6-20/h1-3,5-10H,4,11-17H2,(H2,22,23,26). The van der Waals surface area contributed by atoms with Crippen molar-refractivity contribution in [2.75, 3.05) is 44.7 Å². The van der Waals surface area contributed by atoms with Gasteiger partial charge in [0.25, 0.3) is 0 Å². The Labute approximate surface area is 171 Å². The van der Waals surface area contributed by atoms with E-state index in [0.29, 0.717) is 5.11 Å². The SMILES string of the molecule is S=C(NCCCN1CCOCC1)Nc1ccc(CSc2ccccc2)cc1.